The Morgan fingerprint density at radius 2 is 1.95 bits per heavy atom. The summed E-state index contributed by atoms with van der Waals surface area (Å²) in [6.07, 6.45) is 1.71. The van der Waals surface area contributed by atoms with Gasteiger partial charge in [0.1, 0.15) is 0 Å². The van der Waals surface area contributed by atoms with Crippen LogP contribution < -0.4 is 5.73 Å². The molecular formula is C16H13ClN2O. The Balaban J connectivity index is 2.15. The molecule has 1 aromatic heterocycles. The minimum absolute atomic E-state index is 0.127. The summed E-state index contributed by atoms with van der Waals surface area (Å²) < 4.78 is 0. The molecule has 20 heavy (non-hydrogen) atoms. The molecular weight excluding hydrogens is 272 g/mol. The third-order valence-corrected chi connectivity index (χ3v) is 3.65. The lowest BCUT2D eigenvalue weighted by molar-refractivity contribution is 0.104. The van der Waals surface area contributed by atoms with E-state index in [0.717, 1.165) is 16.5 Å². The fourth-order valence-electron chi connectivity index (χ4n) is 2.29. The highest BCUT2D eigenvalue weighted by molar-refractivity contribution is 6.35. The zero-order chi connectivity index (χ0) is 14.3. The molecule has 0 aliphatic heterocycles. The molecule has 2 aromatic carbocycles. The van der Waals surface area contributed by atoms with Crippen LogP contribution in [-0.2, 0) is 0 Å². The average Bonchev–Trinajstić information content (AvgIpc) is 2.83. The Morgan fingerprint density at radius 3 is 2.75 bits per heavy atom. The number of ketones is 1. The number of halogens is 1. The summed E-state index contributed by atoms with van der Waals surface area (Å²) in [7, 11) is 0. The van der Waals surface area contributed by atoms with Gasteiger partial charge < -0.3 is 10.7 Å². The number of nitrogens with one attached hydrogen (secondary N) is 1. The van der Waals surface area contributed by atoms with Gasteiger partial charge in [0.15, 0.2) is 5.78 Å². The summed E-state index contributed by atoms with van der Waals surface area (Å²) in [5.74, 6) is -0.127. The Morgan fingerprint density at radius 1 is 1.15 bits per heavy atom. The van der Waals surface area contributed by atoms with E-state index in [9.17, 15) is 4.79 Å². The van der Waals surface area contributed by atoms with E-state index < -0.39 is 0 Å². The number of anilines is 1. The van der Waals surface area contributed by atoms with E-state index in [1.165, 1.54) is 0 Å². The highest BCUT2D eigenvalue weighted by Gasteiger charge is 2.17. The second-order valence-corrected chi connectivity index (χ2v) is 5.23. The normalized spacial score (nSPS) is 10.9. The molecule has 3 aromatic rings. The quantitative estimate of drug-likeness (QED) is 0.553. The lowest BCUT2D eigenvalue weighted by Gasteiger charge is -2.04. The predicted octanol–water partition coefficient (Wildman–Crippen LogP) is 3.94. The van der Waals surface area contributed by atoms with Crippen molar-refractivity contribution >= 4 is 34.0 Å². The monoisotopic (exact) mass is 284 g/mol. The zero-order valence-corrected chi connectivity index (χ0v) is 11.7. The molecule has 0 fully saturated rings. The van der Waals surface area contributed by atoms with Crippen LogP contribution in [0.1, 0.15) is 21.5 Å². The smallest absolute Gasteiger partial charge is 0.196 e. The van der Waals surface area contributed by atoms with Crippen molar-refractivity contribution in [3.8, 4) is 0 Å². The van der Waals surface area contributed by atoms with Crippen LogP contribution in [0, 0.1) is 6.92 Å². The van der Waals surface area contributed by atoms with Gasteiger partial charge in [-0.15, -0.1) is 0 Å². The van der Waals surface area contributed by atoms with Crippen molar-refractivity contribution in [2.24, 2.45) is 0 Å². The number of nitrogen functional groups attached to an aromatic ring is 1. The van der Waals surface area contributed by atoms with E-state index in [0.29, 0.717) is 21.8 Å². The Labute approximate surface area is 121 Å². The van der Waals surface area contributed by atoms with Crippen LogP contribution in [0.15, 0.2) is 42.6 Å². The molecule has 1 heterocycles. The Kier molecular flexibility index (Phi) is 2.99. The Hall–Kier alpha value is -2.26. The molecule has 0 atom stereocenters. The molecule has 0 bridgehead atoms. The van der Waals surface area contributed by atoms with E-state index in [1.807, 2.05) is 25.1 Å². The first-order valence-electron chi connectivity index (χ1n) is 6.24. The van der Waals surface area contributed by atoms with Crippen LogP contribution >= 0.6 is 11.6 Å². The number of rotatable bonds is 2. The van der Waals surface area contributed by atoms with Crippen LogP contribution in [0.3, 0.4) is 0 Å². The second-order valence-electron chi connectivity index (χ2n) is 4.82. The summed E-state index contributed by atoms with van der Waals surface area (Å²) >= 11 is 6.10. The number of aryl methyl sites for hydroxylation is 1. The van der Waals surface area contributed by atoms with Crippen molar-refractivity contribution in [2.75, 3.05) is 5.73 Å². The third kappa shape index (κ3) is 2.06. The summed E-state index contributed by atoms with van der Waals surface area (Å²) in [6.45, 7) is 2.01. The standard InChI is InChI=1S/C16H13ClN2O/c1-9-2-4-11-13(8-19-15(11)6-9)16(20)12-7-10(18)3-5-14(12)17/h2-8,19H,18H2,1H3. The molecule has 0 spiro atoms. The summed E-state index contributed by atoms with van der Waals surface area (Å²) in [4.78, 5) is 15.7. The molecule has 3 rings (SSSR count). The van der Waals surface area contributed by atoms with Crippen molar-refractivity contribution in [3.05, 3.63) is 64.3 Å². The molecule has 3 nitrogen and oxygen atoms in total. The number of nitrogens with two attached hydrogens (primary N) is 1. The van der Waals surface area contributed by atoms with Gasteiger partial charge in [-0.3, -0.25) is 4.79 Å². The Bertz CT molecular complexity index is 820. The van der Waals surface area contributed by atoms with Crippen LogP contribution in [0.5, 0.6) is 0 Å². The van der Waals surface area contributed by atoms with Gasteiger partial charge in [0.2, 0.25) is 0 Å². The second kappa shape index (κ2) is 4.69. The first-order valence-corrected chi connectivity index (χ1v) is 6.61. The van der Waals surface area contributed by atoms with Crippen molar-refractivity contribution in [3.63, 3.8) is 0 Å². The molecule has 0 radical (unpaired) electrons. The topological polar surface area (TPSA) is 58.9 Å². The van der Waals surface area contributed by atoms with Crippen molar-refractivity contribution in [2.45, 2.75) is 6.92 Å². The van der Waals surface area contributed by atoms with Crippen LogP contribution in [-0.4, -0.2) is 10.8 Å². The van der Waals surface area contributed by atoms with Gasteiger partial charge in [0, 0.05) is 33.9 Å². The number of aromatic nitrogens is 1. The first kappa shape index (κ1) is 12.8. The van der Waals surface area contributed by atoms with E-state index in [-0.39, 0.29) is 5.78 Å². The van der Waals surface area contributed by atoms with E-state index in [1.54, 1.807) is 24.4 Å². The van der Waals surface area contributed by atoms with Gasteiger partial charge in [-0.05, 0) is 36.8 Å². The summed E-state index contributed by atoms with van der Waals surface area (Å²) in [5, 5.41) is 1.30. The third-order valence-electron chi connectivity index (χ3n) is 3.32. The summed E-state index contributed by atoms with van der Waals surface area (Å²) in [5.41, 5.74) is 9.36. The van der Waals surface area contributed by atoms with Crippen LogP contribution in [0.2, 0.25) is 5.02 Å². The molecule has 0 amide bonds. The average molecular weight is 285 g/mol. The zero-order valence-electron chi connectivity index (χ0n) is 10.9. The highest BCUT2D eigenvalue weighted by atomic mass is 35.5. The van der Waals surface area contributed by atoms with Crippen molar-refractivity contribution in [1.29, 1.82) is 0 Å². The predicted molar refractivity (Wildman–Crippen MR) is 82.3 cm³/mol. The fourth-order valence-corrected chi connectivity index (χ4v) is 2.49. The first-order chi connectivity index (χ1) is 9.56. The van der Waals surface area contributed by atoms with E-state index >= 15 is 0 Å². The molecule has 0 unspecified atom stereocenters. The van der Waals surface area contributed by atoms with Crippen molar-refractivity contribution < 1.29 is 4.79 Å². The van der Waals surface area contributed by atoms with Gasteiger partial charge in [-0.1, -0.05) is 23.7 Å². The van der Waals surface area contributed by atoms with E-state index in [4.69, 9.17) is 17.3 Å². The molecule has 3 N–H and O–H groups in total. The van der Waals surface area contributed by atoms with Gasteiger partial charge in [0.25, 0.3) is 0 Å². The van der Waals surface area contributed by atoms with E-state index in [2.05, 4.69) is 4.98 Å². The number of hydrogen-bond acceptors (Lipinski definition) is 2. The highest BCUT2D eigenvalue weighted by Crippen LogP contribution is 2.26. The van der Waals surface area contributed by atoms with Crippen LogP contribution in [0.25, 0.3) is 10.9 Å². The molecule has 0 aliphatic carbocycles. The molecule has 0 saturated carbocycles. The molecule has 100 valence electrons. The number of benzene rings is 2. The number of hydrogen-bond donors (Lipinski definition) is 2. The lowest BCUT2D eigenvalue weighted by atomic mass is 10.0. The number of carbonyl (C=O) groups excluding carboxylic acids is 1. The lowest BCUT2D eigenvalue weighted by Crippen LogP contribution is -2.02. The molecule has 0 aliphatic rings. The fraction of sp³-hybridized carbons (Fsp3) is 0.0625. The van der Waals surface area contributed by atoms with Gasteiger partial charge in [-0.2, -0.15) is 0 Å². The number of aromatic amines is 1. The number of fused-ring (bicyclic) bond motifs is 1. The van der Waals surface area contributed by atoms with Gasteiger partial charge in [-0.25, -0.2) is 0 Å². The summed E-state index contributed by atoms with van der Waals surface area (Å²) in [6, 6.07) is 10.9. The molecule has 4 heteroatoms. The minimum atomic E-state index is -0.127. The maximum atomic E-state index is 12.6. The minimum Gasteiger partial charge on any atom is -0.399 e. The van der Waals surface area contributed by atoms with Gasteiger partial charge in [0.05, 0.1) is 5.02 Å². The maximum Gasteiger partial charge on any atom is 0.196 e. The number of carbonyl (C=O) groups is 1. The van der Waals surface area contributed by atoms with Crippen molar-refractivity contribution in [1.82, 2.24) is 4.98 Å². The largest absolute Gasteiger partial charge is 0.399 e. The SMILES string of the molecule is Cc1ccc2c(C(=O)c3cc(N)ccc3Cl)c[nH]c2c1. The molecule has 0 saturated heterocycles. The maximum absolute atomic E-state index is 12.6. The number of H-pyrrole nitrogens is 1. The van der Waals surface area contributed by atoms with Gasteiger partial charge >= 0.3 is 0 Å². The van der Waals surface area contributed by atoms with Crippen LogP contribution in [0.4, 0.5) is 5.69 Å².